The first-order chi connectivity index (χ1) is 9.33. The van der Waals surface area contributed by atoms with E-state index in [0.717, 1.165) is 5.56 Å². The highest BCUT2D eigenvalue weighted by molar-refractivity contribution is 6.01. The second-order valence-corrected chi connectivity index (χ2v) is 4.85. The Morgan fingerprint density at radius 1 is 0.947 bits per heavy atom. The van der Waals surface area contributed by atoms with Gasteiger partial charge in [0.15, 0.2) is 5.78 Å². The van der Waals surface area contributed by atoms with E-state index in [2.05, 4.69) is 6.07 Å². The van der Waals surface area contributed by atoms with Gasteiger partial charge in [-0.2, -0.15) is 5.26 Å². The lowest BCUT2D eigenvalue weighted by molar-refractivity contribution is 0.0962. The van der Waals surface area contributed by atoms with Crippen molar-refractivity contribution in [3.8, 4) is 6.07 Å². The first-order valence-corrected chi connectivity index (χ1v) is 6.37. The molecular weight excluding hydrogens is 234 g/mol. The topological polar surface area (TPSA) is 40.9 Å². The van der Waals surface area contributed by atoms with Gasteiger partial charge in [0.1, 0.15) is 0 Å². The minimum absolute atomic E-state index is 0.0545. The summed E-state index contributed by atoms with van der Waals surface area (Å²) in [6.07, 6.45) is 0. The number of nitriles is 1. The molecule has 0 bridgehead atoms. The third-order valence-corrected chi connectivity index (χ3v) is 3.71. The molecule has 2 nitrogen and oxygen atoms in total. The van der Waals surface area contributed by atoms with Gasteiger partial charge in [0.25, 0.3) is 0 Å². The predicted octanol–water partition coefficient (Wildman–Crippen LogP) is 3.42. The number of rotatable bonds is 3. The van der Waals surface area contributed by atoms with Crippen molar-refractivity contribution >= 4 is 5.78 Å². The van der Waals surface area contributed by atoms with Crippen molar-refractivity contribution in [2.24, 2.45) is 11.8 Å². The van der Waals surface area contributed by atoms with E-state index in [1.165, 1.54) is 0 Å². The molecule has 0 aliphatic heterocycles. The lowest BCUT2D eigenvalue weighted by atomic mass is 10.0. The van der Waals surface area contributed by atoms with Crippen molar-refractivity contribution in [2.45, 2.75) is 5.92 Å². The average Bonchev–Trinajstić information content (AvgIpc) is 3.22. The molecule has 0 N–H and O–H groups in total. The molecule has 1 aliphatic carbocycles. The zero-order valence-electron chi connectivity index (χ0n) is 10.4. The first kappa shape index (κ1) is 11.7. The first-order valence-electron chi connectivity index (χ1n) is 6.37. The number of benzene rings is 2. The van der Waals surface area contributed by atoms with Crippen LogP contribution in [-0.4, -0.2) is 5.78 Å². The zero-order valence-corrected chi connectivity index (χ0v) is 10.4. The monoisotopic (exact) mass is 247 g/mol. The number of carbonyl (C=O) groups excluding carboxylic acids is 1. The summed E-state index contributed by atoms with van der Waals surface area (Å²) in [6.45, 7) is 0. The molecule has 2 aromatic rings. The quantitative estimate of drug-likeness (QED) is 0.780. The standard InChI is InChI=1S/C17H13NO/c18-11-14-15(12-7-3-1-4-8-12)16(14)17(19)13-9-5-2-6-10-13/h1-10,14-16H/t14-,15-,16-/m1/s1. The second-order valence-electron chi connectivity index (χ2n) is 4.85. The van der Waals surface area contributed by atoms with Gasteiger partial charge in [-0.1, -0.05) is 60.7 Å². The van der Waals surface area contributed by atoms with Crippen LogP contribution in [-0.2, 0) is 0 Å². The summed E-state index contributed by atoms with van der Waals surface area (Å²) in [5.74, 6) is -0.232. The Morgan fingerprint density at radius 3 is 2.11 bits per heavy atom. The van der Waals surface area contributed by atoms with Crippen LogP contribution in [0.15, 0.2) is 60.7 Å². The number of ketones is 1. The summed E-state index contributed by atoms with van der Waals surface area (Å²) in [6, 6.07) is 21.3. The number of carbonyl (C=O) groups is 1. The zero-order chi connectivity index (χ0) is 13.2. The van der Waals surface area contributed by atoms with Gasteiger partial charge in [0.05, 0.1) is 12.0 Å². The van der Waals surface area contributed by atoms with Crippen LogP contribution in [0.25, 0.3) is 0 Å². The highest BCUT2D eigenvalue weighted by Crippen LogP contribution is 2.54. The minimum Gasteiger partial charge on any atom is -0.294 e. The Labute approximate surface area is 112 Å². The van der Waals surface area contributed by atoms with Crippen molar-refractivity contribution in [1.29, 1.82) is 5.26 Å². The Hall–Kier alpha value is -2.40. The lowest BCUT2D eigenvalue weighted by Gasteiger charge is -2.00. The maximum absolute atomic E-state index is 12.4. The molecule has 2 heteroatoms. The average molecular weight is 247 g/mol. The van der Waals surface area contributed by atoms with Crippen LogP contribution in [0.1, 0.15) is 21.8 Å². The molecule has 1 aliphatic rings. The number of nitrogens with zero attached hydrogens (tertiary/aromatic N) is 1. The van der Waals surface area contributed by atoms with E-state index in [4.69, 9.17) is 0 Å². The Balaban J connectivity index is 1.87. The third kappa shape index (κ3) is 2.04. The van der Waals surface area contributed by atoms with Crippen LogP contribution >= 0.6 is 0 Å². The second kappa shape index (κ2) is 4.70. The van der Waals surface area contributed by atoms with E-state index in [-0.39, 0.29) is 23.5 Å². The van der Waals surface area contributed by atoms with Gasteiger partial charge >= 0.3 is 0 Å². The lowest BCUT2D eigenvalue weighted by Crippen LogP contribution is -2.03. The van der Waals surface area contributed by atoms with Crippen LogP contribution in [0.5, 0.6) is 0 Å². The minimum atomic E-state index is -0.185. The summed E-state index contributed by atoms with van der Waals surface area (Å²) in [5, 5.41) is 9.20. The molecule has 1 saturated carbocycles. The summed E-state index contributed by atoms with van der Waals surface area (Å²) in [5.41, 5.74) is 1.79. The summed E-state index contributed by atoms with van der Waals surface area (Å²) in [7, 11) is 0. The van der Waals surface area contributed by atoms with Crippen LogP contribution in [0.2, 0.25) is 0 Å². The van der Waals surface area contributed by atoms with Crippen LogP contribution in [0.4, 0.5) is 0 Å². The van der Waals surface area contributed by atoms with Gasteiger partial charge in [-0.25, -0.2) is 0 Å². The molecule has 92 valence electrons. The number of hydrogen-bond acceptors (Lipinski definition) is 2. The van der Waals surface area contributed by atoms with Crippen LogP contribution in [0, 0.1) is 23.2 Å². The van der Waals surface area contributed by atoms with Crippen LogP contribution < -0.4 is 0 Å². The van der Waals surface area contributed by atoms with E-state index in [9.17, 15) is 10.1 Å². The third-order valence-electron chi connectivity index (χ3n) is 3.71. The summed E-state index contributed by atoms with van der Waals surface area (Å²) in [4.78, 5) is 12.4. The summed E-state index contributed by atoms with van der Waals surface area (Å²) < 4.78 is 0. The van der Waals surface area contributed by atoms with Crippen molar-refractivity contribution in [1.82, 2.24) is 0 Å². The normalized spacial score (nSPS) is 24.5. The molecule has 0 amide bonds. The van der Waals surface area contributed by atoms with Crippen LogP contribution in [0.3, 0.4) is 0 Å². The smallest absolute Gasteiger partial charge is 0.167 e. The molecule has 0 heterocycles. The van der Waals surface area contributed by atoms with Gasteiger partial charge < -0.3 is 0 Å². The molecule has 0 radical (unpaired) electrons. The fraction of sp³-hybridized carbons (Fsp3) is 0.176. The molecule has 3 atom stereocenters. The maximum atomic E-state index is 12.4. The molecule has 3 rings (SSSR count). The predicted molar refractivity (Wildman–Crippen MR) is 72.5 cm³/mol. The van der Waals surface area contributed by atoms with Gasteiger partial charge in [0, 0.05) is 17.4 Å². The molecule has 19 heavy (non-hydrogen) atoms. The van der Waals surface area contributed by atoms with E-state index >= 15 is 0 Å². The van der Waals surface area contributed by atoms with E-state index in [0.29, 0.717) is 5.56 Å². The highest BCUT2D eigenvalue weighted by atomic mass is 16.1. The van der Waals surface area contributed by atoms with Crippen molar-refractivity contribution in [3.05, 3.63) is 71.8 Å². The fourth-order valence-electron chi connectivity index (χ4n) is 2.68. The largest absolute Gasteiger partial charge is 0.294 e. The van der Waals surface area contributed by atoms with Crippen molar-refractivity contribution in [3.63, 3.8) is 0 Å². The number of hydrogen-bond donors (Lipinski definition) is 0. The molecule has 0 aromatic heterocycles. The maximum Gasteiger partial charge on any atom is 0.167 e. The van der Waals surface area contributed by atoms with Gasteiger partial charge in [-0.05, 0) is 5.56 Å². The van der Waals surface area contributed by atoms with Crippen molar-refractivity contribution < 1.29 is 4.79 Å². The molecule has 0 saturated heterocycles. The van der Waals surface area contributed by atoms with E-state index in [1.54, 1.807) is 0 Å². The van der Waals surface area contributed by atoms with Gasteiger partial charge in [0.2, 0.25) is 0 Å². The highest BCUT2D eigenvalue weighted by Gasteiger charge is 2.55. The molecular formula is C17H13NO. The molecule has 2 aromatic carbocycles. The van der Waals surface area contributed by atoms with Gasteiger partial charge in [-0.15, -0.1) is 0 Å². The molecule has 1 fully saturated rings. The van der Waals surface area contributed by atoms with E-state index in [1.807, 2.05) is 60.7 Å². The molecule has 0 unspecified atom stereocenters. The SMILES string of the molecule is N#C[C@H]1[C@@H](C(=O)c2ccccc2)[C@@H]1c1ccccc1. The van der Waals surface area contributed by atoms with Crippen molar-refractivity contribution in [2.75, 3.05) is 0 Å². The Kier molecular flexibility index (Phi) is 2.89. The fourth-order valence-corrected chi connectivity index (χ4v) is 2.68. The molecule has 0 spiro atoms. The number of Topliss-reactive ketones (excluding diaryl/α,β-unsaturated/α-hetero) is 1. The summed E-state index contributed by atoms with van der Waals surface area (Å²) >= 11 is 0. The van der Waals surface area contributed by atoms with E-state index < -0.39 is 0 Å². The Bertz CT molecular complexity index is 627. The Morgan fingerprint density at radius 2 is 1.53 bits per heavy atom. The van der Waals surface area contributed by atoms with Gasteiger partial charge in [-0.3, -0.25) is 4.79 Å².